The average molecular weight is 266 g/mol. The molecule has 0 bridgehead atoms. The summed E-state index contributed by atoms with van der Waals surface area (Å²) in [7, 11) is 0. The first-order chi connectivity index (χ1) is 6.79. The molecule has 0 atom stereocenters. The van der Waals surface area contributed by atoms with Crippen LogP contribution in [-0.4, -0.2) is 15.1 Å². The van der Waals surface area contributed by atoms with Crippen LogP contribution in [0.2, 0.25) is 0 Å². The van der Waals surface area contributed by atoms with Gasteiger partial charge in [-0.15, -0.1) is 0 Å². The van der Waals surface area contributed by atoms with E-state index in [-0.39, 0.29) is 0 Å². The van der Waals surface area contributed by atoms with E-state index in [1.165, 1.54) is 0 Å². The lowest BCUT2D eigenvalue weighted by atomic mass is 10.3. The van der Waals surface area contributed by atoms with E-state index in [0.29, 0.717) is 0 Å². The zero-order valence-corrected chi connectivity index (χ0v) is 9.34. The Labute approximate surface area is 94.0 Å². The van der Waals surface area contributed by atoms with Crippen molar-refractivity contribution in [1.82, 2.24) is 9.97 Å². The molecule has 1 aromatic carbocycles. The van der Waals surface area contributed by atoms with E-state index < -0.39 is 0 Å². The molecule has 5 heteroatoms. The molecule has 0 amide bonds. The summed E-state index contributed by atoms with van der Waals surface area (Å²) in [6.07, 6.45) is 1.65. The second-order valence-electron chi connectivity index (χ2n) is 2.57. The van der Waals surface area contributed by atoms with Crippen molar-refractivity contribution in [1.29, 1.82) is 0 Å². The van der Waals surface area contributed by atoms with E-state index in [0.717, 1.165) is 21.3 Å². The maximum atomic E-state index is 4.52. The van der Waals surface area contributed by atoms with Gasteiger partial charge in [-0.1, -0.05) is 0 Å². The average Bonchev–Trinajstić information content (AvgIpc) is 2.19. The lowest BCUT2D eigenvalue weighted by Crippen LogP contribution is -1.83. The number of hydrogen-bond acceptors (Lipinski definition) is 4. The number of isothiocyanates is 1. The monoisotopic (exact) mass is 265 g/mol. The Bertz CT molecular complexity index is 535. The zero-order valence-electron chi connectivity index (χ0n) is 6.94. The van der Waals surface area contributed by atoms with Gasteiger partial charge in [0.05, 0.1) is 28.1 Å². The van der Waals surface area contributed by atoms with E-state index in [1.54, 1.807) is 6.20 Å². The predicted octanol–water partition coefficient (Wildman–Crippen LogP) is 3.13. The summed E-state index contributed by atoms with van der Waals surface area (Å²) in [6, 6.07) is 5.48. The van der Waals surface area contributed by atoms with Gasteiger partial charge >= 0.3 is 0 Å². The van der Waals surface area contributed by atoms with Crippen LogP contribution in [0.5, 0.6) is 0 Å². The van der Waals surface area contributed by atoms with Gasteiger partial charge in [0.2, 0.25) is 0 Å². The van der Waals surface area contributed by atoms with Crippen molar-refractivity contribution in [3.8, 4) is 0 Å². The van der Waals surface area contributed by atoms with Gasteiger partial charge in [-0.2, -0.15) is 4.99 Å². The SMILES string of the molecule is S=C=Nc1ccc2nc(Br)cnc2c1. The van der Waals surface area contributed by atoms with Gasteiger partial charge < -0.3 is 0 Å². The molecular formula is C9H4BrN3S. The molecule has 2 aromatic rings. The van der Waals surface area contributed by atoms with Gasteiger partial charge in [0.1, 0.15) is 4.60 Å². The molecule has 14 heavy (non-hydrogen) atoms. The van der Waals surface area contributed by atoms with Crippen LogP contribution < -0.4 is 0 Å². The summed E-state index contributed by atoms with van der Waals surface area (Å²) in [5, 5.41) is 2.31. The molecular weight excluding hydrogens is 262 g/mol. The van der Waals surface area contributed by atoms with Gasteiger partial charge in [-0.3, -0.25) is 4.98 Å². The van der Waals surface area contributed by atoms with Crippen LogP contribution in [0.25, 0.3) is 11.0 Å². The molecule has 0 unspecified atom stereocenters. The highest BCUT2D eigenvalue weighted by Crippen LogP contribution is 2.19. The van der Waals surface area contributed by atoms with Crippen LogP contribution >= 0.6 is 28.1 Å². The third-order valence-electron chi connectivity index (χ3n) is 1.67. The highest BCUT2D eigenvalue weighted by Gasteiger charge is 1.98. The second-order valence-corrected chi connectivity index (χ2v) is 3.56. The fourth-order valence-electron chi connectivity index (χ4n) is 1.10. The molecule has 2 rings (SSSR count). The number of hydrogen-bond donors (Lipinski definition) is 0. The minimum Gasteiger partial charge on any atom is -0.252 e. The molecule has 0 radical (unpaired) electrons. The number of rotatable bonds is 1. The summed E-state index contributed by atoms with van der Waals surface area (Å²) in [4.78, 5) is 12.3. The van der Waals surface area contributed by atoms with Gasteiger partial charge in [0, 0.05) is 0 Å². The van der Waals surface area contributed by atoms with E-state index in [1.807, 2.05) is 18.2 Å². The standard InChI is InChI=1S/C9H4BrN3S/c10-9-4-11-8-3-6(12-5-14)1-2-7(8)13-9/h1-4H. The molecule has 0 spiro atoms. The molecule has 0 saturated carbocycles. The summed E-state index contributed by atoms with van der Waals surface area (Å²) < 4.78 is 0.719. The van der Waals surface area contributed by atoms with E-state index >= 15 is 0 Å². The number of fused-ring (bicyclic) bond motifs is 1. The molecule has 0 saturated heterocycles. The first-order valence-corrected chi connectivity index (χ1v) is 5.00. The number of nitrogens with zero attached hydrogens (tertiary/aromatic N) is 3. The van der Waals surface area contributed by atoms with Crippen molar-refractivity contribution in [2.45, 2.75) is 0 Å². The van der Waals surface area contributed by atoms with Gasteiger partial charge in [-0.25, -0.2) is 4.98 Å². The van der Waals surface area contributed by atoms with Crippen LogP contribution in [0.3, 0.4) is 0 Å². The number of benzene rings is 1. The summed E-state index contributed by atoms with van der Waals surface area (Å²) in [5.41, 5.74) is 2.35. The first kappa shape index (κ1) is 9.40. The largest absolute Gasteiger partial charge is 0.252 e. The van der Waals surface area contributed by atoms with Crippen LogP contribution in [-0.2, 0) is 0 Å². The smallest absolute Gasteiger partial charge is 0.125 e. The van der Waals surface area contributed by atoms with E-state index in [2.05, 4.69) is 48.3 Å². The van der Waals surface area contributed by atoms with Crippen molar-refractivity contribution >= 4 is 50.0 Å². The van der Waals surface area contributed by atoms with Crippen LogP contribution in [0.4, 0.5) is 5.69 Å². The Morgan fingerprint density at radius 1 is 1.36 bits per heavy atom. The zero-order chi connectivity index (χ0) is 9.97. The lowest BCUT2D eigenvalue weighted by Gasteiger charge is -1.97. The number of aromatic nitrogens is 2. The van der Waals surface area contributed by atoms with Crippen LogP contribution in [0.15, 0.2) is 34.0 Å². The first-order valence-electron chi connectivity index (χ1n) is 3.80. The molecule has 1 aromatic heterocycles. The topological polar surface area (TPSA) is 38.1 Å². The Kier molecular flexibility index (Phi) is 2.63. The lowest BCUT2D eigenvalue weighted by molar-refractivity contribution is 1.25. The quantitative estimate of drug-likeness (QED) is 0.588. The molecule has 0 N–H and O–H groups in total. The van der Waals surface area contributed by atoms with Gasteiger partial charge in [0.15, 0.2) is 0 Å². The molecule has 0 aliphatic rings. The third-order valence-corrected chi connectivity index (χ3v) is 2.14. The van der Waals surface area contributed by atoms with Gasteiger partial charge in [-0.05, 0) is 46.3 Å². The van der Waals surface area contributed by atoms with Crippen LogP contribution in [0, 0.1) is 0 Å². The number of aliphatic imine (C=N–C) groups is 1. The summed E-state index contributed by atoms with van der Waals surface area (Å²) >= 11 is 7.77. The normalized spacial score (nSPS) is 9.79. The maximum Gasteiger partial charge on any atom is 0.125 e. The molecule has 0 fully saturated rings. The predicted molar refractivity (Wildman–Crippen MR) is 61.9 cm³/mol. The van der Waals surface area contributed by atoms with Crippen molar-refractivity contribution in [2.75, 3.05) is 0 Å². The summed E-state index contributed by atoms with van der Waals surface area (Å²) in [6.45, 7) is 0. The minimum atomic E-state index is 0.719. The Morgan fingerprint density at radius 2 is 2.21 bits per heavy atom. The van der Waals surface area contributed by atoms with E-state index in [9.17, 15) is 0 Å². The van der Waals surface area contributed by atoms with E-state index in [4.69, 9.17) is 0 Å². The Balaban J connectivity index is 2.67. The number of thiocarbonyl (C=S) groups is 1. The second kappa shape index (κ2) is 3.92. The molecule has 0 aliphatic carbocycles. The molecule has 3 nitrogen and oxygen atoms in total. The minimum absolute atomic E-state index is 0.719. The molecule has 68 valence electrons. The maximum absolute atomic E-state index is 4.52. The van der Waals surface area contributed by atoms with Crippen molar-refractivity contribution < 1.29 is 0 Å². The highest BCUT2D eigenvalue weighted by molar-refractivity contribution is 9.10. The van der Waals surface area contributed by atoms with Crippen LogP contribution in [0.1, 0.15) is 0 Å². The molecule has 0 aliphatic heterocycles. The van der Waals surface area contributed by atoms with Crippen molar-refractivity contribution in [2.24, 2.45) is 4.99 Å². The van der Waals surface area contributed by atoms with Crippen molar-refractivity contribution in [3.63, 3.8) is 0 Å². The Morgan fingerprint density at radius 3 is 3.00 bits per heavy atom. The summed E-state index contributed by atoms with van der Waals surface area (Å²) in [5.74, 6) is 0. The Hall–Kier alpha value is -1.16. The van der Waals surface area contributed by atoms with Crippen molar-refractivity contribution in [3.05, 3.63) is 29.0 Å². The third kappa shape index (κ3) is 1.85. The fourth-order valence-corrected chi connectivity index (χ4v) is 1.50. The highest BCUT2D eigenvalue weighted by atomic mass is 79.9. The number of halogens is 1. The van der Waals surface area contributed by atoms with Gasteiger partial charge in [0.25, 0.3) is 0 Å². The fraction of sp³-hybridized carbons (Fsp3) is 0. The molecule has 1 heterocycles.